The highest BCUT2D eigenvalue weighted by Gasteiger charge is 2.35. The largest absolute Gasteiger partial charge is 0.347 e. The van der Waals surface area contributed by atoms with Crippen LogP contribution in [-0.4, -0.2) is 52.7 Å². The van der Waals surface area contributed by atoms with Gasteiger partial charge in [0.05, 0.1) is 18.7 Å². The van der Waals surface area contributed by atoms with E-state index in [1.165, 1.54) is 11.1 Å². The van der Waals surface area contributed by atoms with E-state index < -0.39 is 0 Å². The molecular weight excluding hydrogens is 342 g/mol. The molecular formula is C20H25N5O2. The topological polar surface area (TPSA) is 79.3 Å². The Morgan fingerprint density at radius 1 is 1.26 bits per heavy atom. The van der Waals surface area contributed by atoms with E-state index in [2.05, 4.69) is 27.9 Å². The van der Waals surface area contributed by atoms with Gasteiger partial charge in [-0.15, -0.1) is 0 Å². The standard InChI is InChI=1S/C20H25N5O2/c1-24-12-16(8-23-24)17-9-21-10-18(17)20(27)22-11-19(26)25-7-6-14-4-2-3-5-15(14)13-25/h2-5,8,12,17-18,21H,6-7,9-11,13H2,1H3,(H,22,27)/t17-,18+/m1/s1. The molecule has 3 heterocycles. The van der Waals surface area contributed by atoms with E-state index >= 15 is 0 Å². The van der Waals surface area contributed by atoms with Gasteiger partial charge in [0.15, 0.2) is 0 Å². The predicted molar refractivity (Wildman–Crippen MR) is 101 cm³/mol. The maximum atomic E-state index is 12.7. The van der Waals surface area contributed by atoms with E-state index in [-0.39, 0.29) is 30.2 Å². The Hall–Kier alpha value is -2.67. The lowest BCUT2D eigenvalue weighted by Crippen LogP contribution is -2.44. The van der Waals surface area contributed by atoms with Crippen molar-refractivity contribution >= 4 is 11.8 Å². The summed E-state index contributed by atoms with van der Waals surface area (Å²) < 4.78 is 1.75. The van der Waals surface area contributed by atoms with Crippen LogP contribution in [0, 0.1) is 5.92 Å². The first-order chi connectivity index (χ1) is 13.1. The Kier molecular flexibility index (Phi) is 4.94. The minimum absolute atomic E-state index is 0.0262. The van der Waals surface area contributed by atoms with Crippen LogP contribution < -0.4 is 10.6 Å². The monoisotopic (exact) mass is 367 g/mol. The summed E-state index contributed by atoms with van der Waals surface area (Å²) in [6.45, 7) is 2.75. The molecule has 2 amide bonds. The second kappa shape index (κ2) is 7.52. The molecule has 0 radical (unpaired) electrons. The fourth-order valence-corrected chi connectivity index (χ4v) is 4.05. The zero-order valence-electron chi connectivity index (χ0n) is 15.5. The van der Waals surface area contributed by atoms with Gasteiger partial charge in [0.2, 0.25) is 11.8 Å². The molecule has 7 heteroatoms. The van der Waals surface area contributed by atoms with Crippen LogP contribution in [0.4, 0.5) is 0 Å². The number of fused-ring (bicyclic) bond motifs is 1. The highest BCUT2D eigenvalue weighted by atomic mass is 16.2. The van der Waals surface area contributed by atoms with Crippen LogP contribution in [-0.2, 0) is 29.6 Å². The molecule has 2 aliphatic rings. The average Bonchev–Trinajstić information content (AvgIpc) is 3.34. The third-order valence-electron chi connectivity index (χ3n) is 5.60. The van der Waals surface area contributed by atoms with E-state index in [9.17, 15) is 9.59 Å². The number of aryl methyl sites for hydroxylation is 1. The summed E-state index contributed by atoms with van der Waals surface area (Å²) in [6.07, 6.45) is 4.63. The van der Waals surface area contributed by atoms with Crippen molar-refractivity contribution in [2.45, 2.75) is 18.9 Å². The molecule has 4 rings (SSSR count). The molecule has 2 aromatic rings. The average molecular weight is 367 g/mol. The van der Waals surface area contributed by atoms with Crippen molar-refractivity contribution < 1.29 is 9.59 Å². The van der Waals surface area contributed by atoms with Crippen molar-refractivity contribution in [2.75, 3.05) is 26.2 Å². The number of amides is 2. The third-order valence-corrected chi connectivity index (χ3v) is 5.60. The number of aromatic nitrogens is 2. The summed E-state index contributed by atoms with van der Waals surface area (Å²) in [7, 11) is 1.87. The Labute approximate surface area is 158 Å². The van der Waals surface area contributed by atoms with Crippen LogP contribution in [0.2, 0.25) is 0 Å². The van der Waals surface area contributed by atoms with Crippen LogP contribution in [0.3, 0.4) is 0 Å². The van der Waals surface area contributed by atoms with E-state index in [4.69, 9.17) is 0 Å². The fourth-order valence-electron chi connectivity index (χ4n) is 4.05. The molecule has 1 fully saturated rings. The van der Waals surface area contributed by atoms with E-state index in [0.717, 1.165) is 18.5 Å². The Balaban J connectivity index is 1.33. The molecule has 0 saturated carbocycles. The lowest BCUT2D eigenvalue weighted by molar-refractivity contribution is -0.134. The zero-order valence-corrected chi connectivity index (χ0v) is 15.5. The first-order valence-electron chi connectivity index (χ1n) is 9.43. The van der Waals surface area contributed by atoms with Crippen LogP contribution >= 0.6 is 0 Å². The summed E-state index contributed by atoms with van der Waals surface area (Å²) >= 11 is 0. The molecule has 2 atom stereocenters. The summed E-state index contributed by atoms with van der Waals surface area (Å²) in [5, 5.41) is 10.3. The summed E-state index contributed by atoms with van der Waals surface area (Å²) in [5.74, 6) is -0.180. The van der Waals surface area contributed by atoms with Gasteiger partial charge in [-0.1, -0.05) is 24.3 Å². The van der Waals surface area contributed by atoms with Crippen molar-refractivity contribution in [3.8, 4) is 0 Å². The van der Waals surface area contributed by atoms with Gasteiger partial charge in [-0.05, 0) is 23.1 Å². The summed E-state index contributed by atoms with van der Waals surface area (Å²) in [5.41, 5.74) is 3.56. The lowest BCUT2D eigenvalue weighted by atomic mass is 9.90. The Morgan fingerprint density at radius 2 is 2.07 bits per heavy atom. The first-order valence-corrected chi connectivity index (χ1v) is 9.43. The van der Waals surface area contributed by atoms with Crippen molar-refractivity contribution in [3.05, 3.63) is 53.3 Å². The second-order valence-corrected chi connectivity index (χ2v) is 7.37. The SMILES string of the molecule is Cn1cc([C@H]2CNC[C@@H]2C(=O)NCC(=O)N2CCc3ccccc3C2)cn1. The lowest BCUT2D eigenvalue weighted by Gasteiger charge is -2.29. The molecule has 2 N–H and O–H groups in total. The molecule has 1 saturated heterocycles. The highest BCUT2D eigenvalue weighted by molar-refractivity contribution is 5.86. The smallest absolute Gasteiger partial charge is 0.242 e. The number of nitrogens with one attached hydrogen (secondary N) is 2. The molecule has 142 valence electrons. The van der Waals surface area contributed by atoms with Crippen molar-refractivity contribution in [1.29, 1.82) is 0 Å². The normalized spacial score (nSPS) is 21.7. The number of nitrogens with zero attached hydrogens (tertiary/aromatic N) is 3. The maximum absolute atomic E-state index is 12.7. The molecule has 0 unspecified atom stereocenters. The van der Waals surface area contributed by atoms with Crippen molar-refractivity contribution in [3.63, 3.8) is 0 Å². The zero-order chi connectivity index (χ0) is 18.8. The van der Waals surface area contributed by atoms with Gasteiger partial charge in [0, 0.05) is 45.3 Å². The van der Waals surface area contributed by atoms with Crippen LogP contribution in [0.5, 0.6) is 0 Å². The van der Waals surface area contributed by atoms with Crippen molar-refractivity contribution in [1.82, 2.24) is 25.3 Å². The van der Waals surface area contributed by atoms with Crippen molar-refractivity contribution in [2.24, 2.45) is 13.0 Å². The minimum Gasteiger partial charge on any atom is -0.347 e. The molecule has 1 aromatic heterocycles. The molecule has 27 heavy (non-hydrogen) atoms. The van der Waals surface area contributed by atoms with Gasteiger partial charge < -0.3 is 15.5 Å². The number of hydrogen-bond donors (Lipinski definition) is 2. The van der Waals surface area contributed by atoms with Crippen LogP contribution in [0.15, 0.2) is 36.7 Å². The van der Waals surface area contributed by atoms with E-state index in [0.29, 0.717) is 19.6 Å². The predicted octanol–water partition coefficient (Wildman–Crippen LogP) is 0.424. The number of rotatable bonds is 4. The molecule has 1 aromatic carbocycles. The van der Waals surface area contributed by atoms with E-state index in [1.807, 2.05) is 36.5 Å². The first kappa shape index (κ1) is 17.7. The Bertz CT molecular complexity index is 846. The quantitative estimate of drug-likeness (QED) is 0.821. The minimum atomic E-state index is -0.177. The Morgan fingerprint density at radius 3 is 2.85 bits per heavy atom. The number of hydrogen-bond acceptors (Lipinski definition) is 4. The highest BCUT2D eigenvalue weighted by Crippen LogP contribution is 2.27. The van der Waals surface area contributed by atoms with Gasteiger partial charge in [-0.2, -0.15) is 5.10 Å². The molecule has 7 nitrogen and oxygen atoms in total. The molecule has 0 bridgehead atoms. The van der Waals surface area contributed by atoms with Crippen LogP contribution in [0.1, 0.15) is 22.6 Å². The van der Waals surface area contributed by atoms with Gasteiger partial charge in [0.25, 0.3) is 0 Å². The molecule has 0 spiro atoms. The van der Waals surface area contributed by atoms with Crippen LogP contribution in [0.25, 0.3) is 0 Å². The van der Waals surface area contributed by atoms with Gasteiger partial charge >= 0.3 is 0 Å². The maximum Gasteiger partial charge on any atom is 0.242 e. The number of carbonyl (C=O) groups excluding carboxylic acids is 2. The van der Waals surface area contributed by atoms with Gasteiger partial charge in [-0.25, -0.2) is 0 Å². The number of carbonyl (C=O) groups is 2. The van der Waals surface area contributed by atoms with Gasteiger partial charge in [0.1, 0.15) is 0 Å². The summed E-state index contributed by atoms with van der Waals surface area (Å²) in [6, 6.07) is 8.21. The molecule has 2 aliphatic heterocycles. The van der Waals surface area contributed by atoms with E-state index in [1.54, 1.807) is 4.68 Å². The second-order valence-electron chi connectivity index (χ2n) is 7.37. The third kappa shape index (κ3) is 3.73. The molecule has 0 aliphatic carbocycles. The van der Waals surface area contributed by atoms with Gasteiger partial charge in [-0.3, -0.25) is 14.3 Å². The number of benzene rings is 1. The summed E-state index contributed by atoms with van der Waals surface area (Å²) in [4.78, 5) is 27.1. The fraction of sp³-hybridized carbons (Fsp3) is 0.450.